The summed E-state index contributed by atoms with van der Waals surface area (Å²) < 4.78 is 27.7. The molecule has 0 atom stereocenters. The number of thioether (sulfide) groups is 1. The summed E-state index contributed by atoms with van der Waals surface area (Å²) in [7, 11) is -3.57. The highest BCUT2D eigenvalue weighted by Gasteiger charge is 2.23. The molecule has 0 fully saturated rings. The predicted octanol–water partition coefficient (Wildman–Crippen LogP) is 2.84. The molecule has 0 aliphatic rings. The number of fused-ring (bicyclic) bond motifs is 1. The molecule has 0 heterocycles. The maximum Gasteiger partial charge on any atom is 0.241 e. The van der Waals surface area contributed by atoms with Gasteiger partial charge in [0.15, 0.2) is 0 Å². The molecule has 0 unspecified atom stereocenters. The summed E-state index contributed by atoms with van der Waals surface area (Å²) in [6.07, 6.45) is 1.97. The first-order valence-electron chi connectivity index (χ1n) is 6.59. The van der Waals surface area contributed by atoms with Crippen molar-refractivity contribution in [3.05, 3.63) is 36.4 Å². The van der Waals surface area contributed by atoms with E-state index in [1.807, 2.05) is 38.3 Å². The number of anilines is 1. The molecule has 114 valence electrons. The van der Waals surface area contributed by atoms with Crippen LogP contribution in [0.1, 0.15) is 13.8 Å². The third-order valence-electron chi connectivity index (χ3n) is 3.45. The second-order valence-corrected chi connectivity index (χ2v) is 8.74. The largest absolute Gasteiger partial charge is 0.398 e. The molecule has 2 rings (SSSR count). The highest BCUT2D eigenvalue weighted by atomic mass is 32.2. The van der Waals surface area contributed by atoms with Gasteiger partial charge < -0.3 is 5.73 Å². The van der Waals surface area contributed by atoms with E-state index in [0.717, 1.165) is 5.39 Å². The molecule has 21 heavy (non-hydrogen) atoms. The van der Waals surface area contributed by atoms with E-state index < -0.39 is 10.0 Å². The normalized spacial score (nSPS) is 12.7. The second-order valence-electron chi connectivity index (χ2n) is 5.49. The maximum atomic E-state index is 12.6. The van der Waals surface area contributed by atoms with E-state index in [1.54, 1.807) is 30.0 Å². The van der Waals surface area contributed by atoms with Crippen molar-refractivity contribution < 1.29 is 8.42 Å². The lowest BCUT2D eigenvalue weighted by atomic mass is 10.1. The van der Waals surface area contributed by atoms with Gasteiger partial charge in [-0.3, -0.25) is 0 Å². The Morgan fingerprint density at radius 3 is 2.38 bits per heavy atom. The molecule has 0 aliphatic carbocycles. The zero-order valence-electron chi connectivity index (χ0n) is 12.4. The first kappa shape index (κ1) is 16.1. The van der Waals surface area contributed by atoms with Crippen molar-refractivity contribution >= 4 is 38.2 Å². The molecule has 0 spiro atoms. The fraction of sp³-hybridized carbons (Fsp3) is 0.333. The zero-order chi connectivity index (χ0) is 15.7. The van der Waals surface area contributed by atoms with Crippen LogP contribution < -0.4 is 10.5 Å². The molecule has 0 bridgehead atoms. The Balaban J connectivity index is 2.44. The number of hydrogen-bond acceptors (Lipinski definition) is 4. The summed E-state index contributed by atoms with van der Waals surface area (Å²) >= 11 is 1.62. The van der Waals surface area contributed by atoms with E-state index in [4.69, 9.17) is 5.73 Å². The quantitative estimate of drug-likeness (QED) is 0.830. The highest BCUT2D eigenvalue weighted by Crippen LogP contribution is 2.28. The van der Waals surface area contributed by atoms with Crippen molar-refractivity contribution in [1.29, 1.82) is 0 Å². The van der Waals surface area contributed by atoms with Crippen molar-refractivity contribution in [2.45, 2.75) is 23.5 Å². The standard InChI is InChI=1S/C15H20N2O2S2/c1-15(2,20-3)10-17-21(18,19)14-9-8-13(16)11-6-4-5-7-12(11)14/h4-9,17H,10,16H2,1-3H3. The second kappa shape index (κ2) is 5.87. The molecule has 0 amide bonds. The van der Waals surface area contributed by atoms with Crippen molar-refractivity contribution in [2.24, 2.45) is 0 Å². The molecule has 2 aromatic rings. The van der Waals surface area contributed by atoms with Crippen molar-refractivity contribution in [3.63, 3.8) is 0 Å². The van der Waals surface area contributed by atoms with Crippen molar-refractivity contribution in [2.75, 3.05) is 18.5 Å². The van der Waals surface area contributed by atoms with Gasteiger partial charge in [-0.1, -0.05) is 24.3 Å². The molecular weight excluding hydrogens is 304 g/mol. The molecule has 0 saturated carbocycles. The van der Waals surface area contributed by atoms with Gasteiger partial charge in [-0.05, 0) is 32.2 Å². The summed E-state index contributed by atoms with van der Waals surface area (Å²) in [5.74, 6) is 0. The monoisotopic (exact) mass is 324 g/mol. The lowest BCUT2D eigenvalue weighted by Crippen LogP contribution is -2.36. The molecule has 3 N–H and O–H groups in total. The Morgan fingerprint density at radius 1 is 1.14 bits per heavy atom. The number of rotatable bonds is 5. The van der Waals surface area contributed by atoms with E-state index in [1.165, 1.54) is 0 Å². The predicted molar refractivity (Wildman–Crippen MR) is 91.1 cm³/mol. The van der Waals surface area contributed by atoms with Crippen molar-refractivity contribution in [3.8, 4) is 0 Å². The smallest absolute Gasteiger partial charge is 0.241 e. The molecule has 0 saturated heterocycles. The third-order valence-corrected chi connectivity index (χ3v) is 6.16. The highest BCUT2D eigenvalue weighted by molar-refractivity contribution is 8.00. The van der Waals surface area contributed by atoms with Gasteiger partial charge in [0.2, 0.25) is 10.0 Å². The van der Waals surface area contributed by atoms with Crippen LogP contribution >= 0.6 is 11.8 Å². The number of nitrogens with two attached hydrogens (primary N) is 1. The van der Waals surface area contributed by atoms with Crippen LogP contribution in [-0.4, -0.2) is 26.0 Å². The molecule has 2 aromatic carbocycles. The Morgan fingerprint density at radius 2 is 1.76 bits per heavy atom. The lowest BCUT2D eigenvalue weighted by Gasteiger charge is -2.22. The van der Waals surface area contributed by atoms with Crippen LogP contribution in [0.2, 0.25) is 0 Å². The molecule has 4 nitrogen and oxygen atoms in total. The van der Waals surface area contributed by atoms with Gasteiger partial charge in [-0.25, -0.2) is 13.1 Å². The minimum Gasteiger partial charge on any atom is -0.398 e. The van der Waals surface area contributed by atoms with Gasteiger partial charge in [-0.2, -0.15) is 11.8 Å². The summed E-state index contributed by atoms with van der Waals surface area (Å²) in [6, 6.07) is 10.5. The lowest BCUT2D eigenvalue weighted by molar-refractivity contribution is 0.571. The molecule has 6 heteroatoms. The fourth-order valence-electron chi connectivity index (χ4n) is 1.95. The van der Waals surface area contributed by atoms with Gasteiger partial charge in [0.1, 0.15) is 0 Å². The van der Waals surface area contributed by atoms with Crippen LogP contribution in [0.15, 0.2) is 41.3 Å². The average molecular weight is 324 g/mol. The first-order chi connectivity index (χ1) is 9.77. The Kier molecular flexibility index (Phi) is 4.51. The van der Waals surface area contributed by atoms with Crippen LogP contribution in [-0.2, 0) is 10.0 Å². The van der Waals surface area contributed by atoms with E-state index in [2.05, 4.69) is 4.72 Å². The van der Waals surface area contributed by atoms with Gasteiger partial charge in [0.25, 0.3) is 0 Å². The van der Waals surface area contributed by atoms with Gasteiger partial charge in [0, 0.05) is 27.8 Å². The van der Waals surface area contributed by atoms with Crippen LogP contribution in [0.4, 0.5) is 5.69 Å². The maximum absolute atomic E-state index is 12.6. The minimum absolute atomic E-state index is 0.156. The SMILES string of the molecule is CSC(C)(C)CNS(=O)(=O)c1ccc(N)c2ccccc12. The first-order valence-corrected chi connectivity index (χ1v) is 9.30. The molecule has 0 aromatic heterocycles. The molecule has 0 aliphatic heterocycles. The number of benzene rings is 2. The van der Waals surface area contributed by atoms with E-state index in [0.29, 0.717) is 17.6 Å². The minimum atomic E-state index is -3.57. The molecular formula is C15H20N2O2S2. The van der Waals surface area contributed by atoms with E-state index >= 15 is 0 Å². The molecule has 0 radical (unpaired) electrons. The number of hydrogen-bond donors (Lipinski definition) is 2. The van der Waals surface area contributed by atoms with Crippen LogP contribution in [0.5, 0.6) is 0 Å². The van der Waals surface area contributed by atoms with Crippen molar-refractivity contribution in [1.82, 2.24) is 4.72 Å². The summed E-state index contributed by atoms with van der Waals surface area (Å²) in [5.41, 5.74) is 6.49. The van der Waals surface area contributed by atoms with Crippen LogP contribution in [0.25, 0.3) is 10.8 Å². The zero-order valence-corrected chi connectivity index (χ0v) is 14.0. The van der Waals surface area contributed by atoms with Crippen LogP contribution in [0, 0.1) is 0 Å². The fourth-order valence-corrected chi connectivity index (χ4v) is 3.68. The number of nitrogens with one attached hydrogen (secondary N) is 1. The summed E-state index contributed by atoms with van der Waals surface area (Å²) in [5, 5.41) is 1.40. The van der Waals surface area contributed by atoms with Gasteiger partial charge in [0.05, 0.1) is 4.90 Å². The van der Waals surface area contributed by atoms with Gasteiger partial charge in [-0.15, -0.1) is 0 Å². The third kappa shape index (κ3) is 3.51. The Labute approximate surface area is 130 Å². The topological polar surface area (TPSA) is 72.2 Å². The average Bonchev–Trinajstić information content (AvgIpc) is 2.46. The van der Waals surface area contributed by atoms with E-state index in [-0.39, 0.29) is 9.64 Å². The number of sulfonamides is 1. The van der Waals surface area contributed by atoms with Gasteiger partial charge >= 0.3 is 0 Å². The van der Waals surface area contributed by atoms with Crippen LogP contribution in [0.3, 0.4) is 0 Å². The number of nitrogen functional groups attached to an aromatic ring is 1. The Bertz CT molecular complexity index is 755. The van der Waals surface area contributed by atoms with E-state index in [9.17, 15) is 8.42 Å². The summed E-state index contributed by atoms with van der Waals surface area (Å²) in [6.45, 7) is 4.37. The Hall–Kier alpha value is -1.24. The summed E-state index contributed by atoms with van der Waals surface area (Å²) in [4.78, 5) is 0.268.